The Kier molecular flexibility index (Phi) is 9.11. The van der Waals surface area contributed by atoms with Gasteiger partial charge in [-0.25, -0.2) is 0 Å². The Morgan fingerprint density at radius 1 is 0.667 bits per heavy atom. The van der Waals surface area contributed by atoms with Crippen LogP contribution in [0.25, 0.3) is 16.7 Å². The van der Waals surface area contributed by atoms with Gasteiger partial charge in [-0.3, -0.25) is 0 Å². The van der Waals surface area contributed by atoms with Crippen molar-refractivity contribution in [3.63, 3.8) is 0 Å². The number of aromatic hydroxyl groups is 2. The molecule has 0 saturated carbocycles. The Balaban J connectivity index is 1.92. The van der Waals surface area contributed by atoms with Crippen molar-refractivity contribution in [1.29, 1.82) is 0 Å². The number of aromatic nitrogens is 3. The summed E-state index contributed by atoms with van der Waals surface area (Å²) < 4.78 is 0. The first kappa shape index (κ1) is 31.6. The van der Waals surface area contributed by atoms with E-state index in [1.807, 2.05) is 30.3 Å². The molecule has 0 bridgehead atoms. The molecule has 4 rings (SSSR count). The van der Waals surface area contributed by atoms with Crippen LogP contribution in [0.15, 0.2) is 48.5 Å². The third kappa shape index (κ3) is 6.35. The van der Waals surface area contributed by atoms with Crippen molar-refractivity contribution in [2.75, 3.05) is 0 Å². The zero-order valence-electron chi connectivity index (χ0n) is 27.3. The summed E-state index contributed by atoms with van der Waals surface area (Å²) in [7, 11) is 0. The monoisotopic (exact) mass is 569 g/mol. The van der Waals surface area contributed by atoms with Gasteiger partial charge in [0.2, 0.25) is 0 Å². The average Bonchev–Trinajstić information content (AvgIpc) is 3.39. The summed E-state index contributed by atoms with van der Waals surface area (Å²) in [5.74, 6) is 0.480. The molecule has 3 aromatic carbocycles. The minimum Gasteiger partial charge on any atom is -0.507 e. The molecule has 0 unspecified atom stereocenters. The van der Waals surface area contributed by atoms with Gasteiger partial charge in [-0.1, -0.05) is 112 Å². The second-order valence-electron chi connectivity index (χ2n) is 14.0. The van der Waals surface area contributed by atoms with Crippen molar-refractivity contribution in [3.8, 4) is 17.2 Å². The zero-order chi connectivity index (χ0) is 30.9. The smallest absolute Gasteiger partial charge is 0.146 e. The van der Waals surface area contributed by atoms with Crippen LogP contribution in [-0.2, 0) is 22.7 Å². The van der Waals surface area contributed by atoms with Crippen LogP contribution < -0.4 is 0 Å². The van der Waals surface area contributed by atoms with Crippen LogP contribution in [0, 0.1) is 0 Å². The van der Waals surface area contributed by atoms with E-state index in [1.54, 1.807) is 4.80 Å². The first-order valence-corrected chi connectivity index (χ1v) is 15.8. The molecule has 0 amide bonds. The number of benzene rings is 3. The molecular formula is C37H51N3O2. The van der Waals surface area contributed by atoms with Crippen LogP contribution in [0.4, 0.5) is 0 Å². The van der Waals surface area contributed by atoms with Gasteiger partial charge in [0, 0.05) is 17.5 Å². The zero-order valence-corrected chi connectivity index (χ0v) is 27.3. The molecule has 0 saturated heterocycles. The lowest BCUT2D eigenvalue weighted by molar-refractivity contribution is 0.419. The maximum Gasteiger partial charge on any atom is 0.146 e. The molecule has 1 aromatic heterocycles. The van der Waals surface area contributed by atoms with Crippen molar-refractivity contribution < 1.29 is 10.2 Å². The molecule has 5 heteroatoms. The van der Waals surface area contributed by atoms with Gasteiger partial charge in [-0.2, -0.15) is 0 Å². The van der Waals surface area contributed by atoms with E-state index >= 15 is 0 Å². The van der Waals surface area contributed by atoms with Crippen LogP contribution in [0.5, 0.6) is 11.5 Å². The lowest BCUT2D eigenvalue weighted by atomic mass is 9.74. The van der Waals surface area contributed by atoms with Crippen LogP contribution in [0.1, 0.15) is 129 Å². The van der Waals surface area contributed by atoms with Gasteiger partial charge in [0.25, 0.3) is 0 Å². The summed E-state index contributed by atoms with van der Waals surface area (Å²) >= 11 is 0. The van der Waals surface area contributed by atoms with Crippen molar-refractivity contribution in [2.45, 2.75) is 124 Å². The van der Waals surface area contributed by atoms with Crippen molar-refractivity contribution in [3.05, 3.63) is 76.3 Å². The van der Waals surface area contributed by atoms with E-state index in [1.165, 1.54) is 18.4 Å². The van der Waals surface area contributed by atoms with Gasteiger partial charge in [-0.15, -0.1) is 15.0 Å². The molecule has 0 radical (unpaired) electrons. The summed E-state index contributed by atoms with van der Waals surface area (Å²) in [5.41, 5.74) is 6.73. The van der Waals surface area contributed by atoms with Gasteiger partial charge in [-0.05, 0) is 70.4 Å². The van der Waals surface area contributed by atoms with E-state index in [0.29, 0.717) is 17.9 Å². The highest BCUT2D eigenvalue weighted by atomic mass is 16.3. The van der Waals surface area contributed by atoms with Crippen molar-refractivity contribution in [1.82, 2.24) is 15.0 Å². The minimum atomic E-state index is -0.186. The molecule has 42 heavy (non-hydrogen) atoms. The lowest BCUT2D eigenvalue weighted by Crippen LogP contribution is -2.21. The Morgan fingerprint density at radius 2 is 1.21 bits per heavy atom. The van der Waals surface area contributed by atoms with Crippen LogP contribution in [0.3, 0.4) is 0 Å². The number of rotatable bonds is 12. The number of hydrogen-bond acceptors (Lipinski definition) is 4. The third-order valence-corrected chi connectivity index (χ3v) is 9.71. The number of unbranched alkanes of at least 4 members (excludes halogenated alkanes) is 2. The topological polar surface area (TPSA) is 71.2 Å². The number of hydrogen-bond donors (Lipinski definition) is 2. The summed E-state index contributed by atoms with van der Waals surface area (Å²) in [5, 5.41) is 32.9. The first-order chi connectivity index (χ1) is 19.7. The Bertz CT molecular complexity index is 1510. The Hall–Kier alpha value is -3.34. The molecule has 226 valence electrons. The number of nitrogens with zero attached hydrogens (tertiary/aromatic N) is 3. The van der Waals surface area contributed by atoms with Gasteiger partial charge < -0.3 is 10.2 Å². The highest BCUT2D eigenvalue weighted by molar-refractivity contribution is 5.74. The molecule has 0 spiro atoms. The Morgan fingerprint density at radius 3 is 1.76 bits per heavy atom. The number of fused-ring (bicyclic) bond motifs is 1. The maximum absolute atomic E-state index is 11.8. The molecular weight excluding hydrogens is 518 g/mol. The highest BCUT2D eigenvalue weighted by Crippen LogP contribution is 2.43. The normalized spacial score (nSPS) is 12.8. The minimum absolute atomic E-state index is 0.0452. The van der Waals surface area contributed by atoms with Gasteiger partial charge in [0.05, 0.1) is 0 Å². The second-order valence-corrected chi connectivity index (χ2v) is 14.0. The number of phenols is 2. The average molecular weight is 570 g/mol. The fraction of sp³-hybridized carbons (Fsp3) is 0.514. The second kappa shape index (κ2) is 12.1. The van der Waals surface area contributed by atoms with E-state index in [9.17, 15) is 10.2 Å². The van der Waals surface area contributed by atoms with E-state index < -0.39 is 0 Å². The van der Waals surface area contributed by atoms with Crippen LogP contribution in [0.2, 0.25) is 0 Å². The standard InChI is InChI=1S/C37H51N3O2/c1-10-13-16-19-37(8,9)28-22-26(34(42)32(24-28)40-38-30-17-14-15-18-31(30)39-40)20-25-21-27(35(4,5)11-2)23-29(33(25)41)36(6,7)12-3/h14-15,17-18,21-24,41-42H,10-13,16,19-20H2,1-9H3. The van der Waals surface area contributed by atoms with E-state index in [0.717, 1.165) is 59.0 Å². The third-order valence-electron chi connectivity index (χ3n) is 9.71. The summed E-state index contributed by atoms with van der Waals surface area (Å²) in [6.07, 6.45) is 6.85. The quantitative estimate of drug-likeness (QED) is 0.167. The van der Waals surface area contributed by atoms with Gasteiger partial charge >= 0.3 is 0 Å². The maximum atomic E-state index is 11.8. The first-order valence-electron chi connectivity index (χ1n) is 15.8. The predicted molar refractivity (Wildman–Crippen MR) is 175 cm³/mol. The number of phenolic OH excluding ortho intramolecular Hbond substituents is 2. The van der Waals surface area contributed by atoms with Crippen LogP contribution in [-0.4, -0.2) is 25.2 Å². The van der Waals surface area contributed by atoms with E-state index in [-0.39, 0.29) is 22.0 Å². The summed E-state index contributed by atoms with van der Waals surface area (Å²) in [6, 6.07) is 16.3. The van der Waals surface area contributed by atoms with Crippen LogP contribution >= 0.6 is 0 Å². The summed E-state index contributed by atoms with van der Waals surface area (Å²) in [6.45, 7) is 20.1. The van der Waals surface area contributed by atoms with Gasteiger partial charge in [0.1, 0.15) is 28.2 Å². The molecule has 5 nitrogen and oxygen atoms in total. The SMILES string of the molecule is CCCCCC(C)(C)c1cc(Cc2cc(C(C)(C)CC)cc(C(C)(C)CC)c2O)c(O)c(-n2nc3ccccc3n2)c1. The van der Waals surface area contributed by atoms with Gasteiger partial charge in [0.15, 0.2) is 0 Å². The van der Waals surface area contributed by atoms with E-state index in [2.05, 4.69) is 80.5 Å². The molecule has 4 aromatic rings. The van der Waals surface area contributed by atoms with E-state index in [4.69, 9.17) is 10.2 Å². The van der Waals surface area contributed by atoms with Crippen molar-refractivity contribution >= 4 is 11.0 Å². The van der Waals surface area contributed by atoms with Crippen molar-refractivity contribution in [2.24, 2.45) is 0 Å². The molecule has 0 aliphatic carbocycles. The molecule has 2 N–H and O–H groups in total. The molecule has 0 fully saturated rings. The fourth-order valence-electron chi connectivity index (χ4n) is 5.62. The highest BCUT2D eigenvalue weighted by Gasteiger charge is 2.30. The molecule has 0 atom stereocenters. The largest absolute Gasteiger partial charge is 0.507 e. The fourth-order valence-corrected chi connectivity index (χ4v) is 5.62. The predicted octanol–water partition coefficient (Wildman–Crippen LogP) is 9.66. The lowest BCUT2D eigenvalue weighted by Gasteiger charge is -2.31. The summed E-state index contributed by atoms with van der Waals surface area (Å²) in [4.78, 5) is 1.57. The Labute approximate surface area is 253 Å². The molecule has 1 heterocycles. The molecule has 0 aliphatic heterocycles. The molecule has 0 aliphatic rings.